The summed E-state index contributed by atoms with van der Waals surface area (Å²) in [7, 11) is 0. The summed E-state index contributed by atoms with van der Waals surface area (Å²) in [5, 5.41) is 2.99. The molecule has 7 nitrogen and oxygen atoms in total. The van der Waals surface area contributed by atoms with Crippen molar-refractivity contribution in [1.29, 1.82) is 0 Å². The van der Waals surface area contributed by atoms with Gasteiger partial charge in [-0.15, -0.1) is 0 Å². The lowest BCUT2D eigenvalue weighted by Gasteiger charge is -2.34. The summed E-state index contributed by atoms with van der Waals surface area (Å²) in [6.07, 6.45) is 4.05. The number of rotatable bonds is 5. The van der Waals surface area contributed by atoms with Gasteiger partial charge in [-0.3, -0.25) is 4.90 Å². The maximum Gasteiger partial charge on any atom is 0.317 e. The standard InChI is InChI=1S/C19H26FN5O2/c20-15-3-4-18-17(12-15)22-14-25(18)10-7-23-5-8-24(9-6-23)19(26)21-13-16-2-1-11-27-16/h3-4,12,14,16H,1-2,5-11,13H2,(H,21,26). The highest BCUT2D eigenvalue weighted by atomic mass is 19.1. The zero-order valence-electron chi connectivity index (χ0n) is 15.4. The number of halogens is 1. The molecular formula is C19H26FN5O2. The number of nitrogens with one attached hydrogen (secondary N) is 1. The Bertz CT molecular complexity index is 781. The third kappa shape index (κ3) is 4.39. The highest BCUT2D eigenvalue weighted by molar-refractivity contribution is 5.75. The minimum atomic E-state index is -0.262. The van der Waals surface area contributed by atoms with Crippen molar-refractivity contribution >= 4 is 17.1 Å². The average Bonchev–Trinajstić information content (AvgIpc) is 3.34. The number of hydrogen-bond acceptors (Lipinski definition) is 4. The fourth-order valence-corrected chi connectivity index (χ4v) is 3.76. The van der Waals surface area contributed by atoms with Crippen LogP contribution in [-0.2, 0) is 11.3 Å². The summed E-state index contributed by atoms with van der Waals surface area (Å²) in [4.78, 5) is 20.8. The third-order valence-corrected chi connectivity index (χ3v) is 5.40. The monoisotopic (exact) mass is 375 g/mol. The molecular weight excluding hydrogens is 349 g/mol. The predicted octanol–water partition coefficient (Wildman–Crippen LogP) is 1.68. The van der Waals surface area contributed by atoms with E-state index in [2.05, 4.69) is 19.8 Å². The highest BCUT2D eigenvalue weighted by Crippen LogP contribution is 2.14. The van der Waals surface area contributed by atoms with E-state index in [0.717, 1.165) is 64.2 Å². The Morgan fingerprint density at radius 3 is 2.89 bits per heavy atom. The van der Waals surface area contributed by atoms with Gasteiger partial charge >= 0.3 is 6.03 Å². The topological polar surface area (TPSA) is 62.6 Å². The number of imidazole rings is 1. The van der Waals surface area contributed by atoms with Crippen molar-refractivity contribution < 1.29 is 13.9 Å². The van der Waals surface area contributed by atoms with E-state index < -0.39 is 0 Å². The van der Waals surface area contributed by atoms with E-state index in [1.807, 2.05) is 4.90 Å². The smallest absolute Gasteiger partial charge is 0.317 e. The molecule has 0 spiro atoms. The van der Waals surface area contributed by atoms with Gasteiger partial charge in [-0.05, 0) is 25.0 Å². The van der Waals surface area contributed by atoms with E-state index in [-0.39, 0.29) is 18.0 Å². The van der Waals surface area contributed by atoms with Crippen LogP contribution >= 0.6 is 0 Å². The van der Waals surface area contributed by atoms with Crippen LogP contribution in [0.5, 0.6) is 0 Å². The molecule has 4 rings (SSSR count). The van der Waals surface area contributed by atoms with E-state index in [9.17, 15) is 9.18 Å². The summed E-state index contributed by atoms with van der Waals surface area (Å²) >= 11 is 0. The largest absolute Gasteiger partial charge is 0.376 e. The number of aromatic nitrogens is 2. The lowest BCUT2D eigenvalue weighted by atomic mass is 10.2. The summed E-state index contributed by atoms with van der Waals surface area (Å²) in [6.45, 7) is 6.26. The number of amides is 2. The molecule has 2 aliphatic heterocycles. The van der Waals surface area contributed by atoms with Gasteiger partial charge in [0.1, 0.15) is 5.82 Å². The average molecular weight is 375 g/mol. The maximum atomic E-state index is 13.3. The van der Waals surface area contributed by atoms with Crippen LogP contribution in [0.15, 0.2) is 24.5 Å². The molecule has 2 aliphatic rings. The van der Waals surface area contributed by atoms with Gasteiger partial charge in [-0.1, -0.05) is 0 Å². The molecule has 1 N–H and O–H groups in total. The molecule has 2 fully saturated rings. The van der Waals surface area contributed by atoms with Crippen LogP contribution in [0.3, 0.4) is 0 Å². The first-order valence-electron chi connectivity index (χ1n) is 9.66. The number of carbonyl (C=O) groups excluding carboxylic acids is 1. The molecule has 1 aromatic carbocycles. The summed E-state index contributed by atoms with van der Waals surface area (Å²) in [5.41, 5.74) is 1.63. The van der Waals surface area contributed by atoms with Crippen molar-refractivity contribution in [3.8, 4) is 0 Å². The molecule has 0 aliphatic carbocycles. The van der Waals surface area contributed by atoms with Crippen LogP contribution < -0.4 is 5.32 Å². The van der Waals surface area contributed by atoms with Gasteiger partial charge in [-0.2, -0.15) is 0 Å². The van der Waals surface area contributed by atoms with Gasteiger partial charge in [0.25, 0.3) is 0 Å². The number of nitrogens with zero attached hydrogens (tertiary/aromatic N) is 4. The molecule has 8 heteroatoms. The number of fused-ring (bicyclic) bond motifs is 1. The van der Waals surface area contributed by atoms with Crippen molar-refractivity contribution in [2.24, 2.45) is 0 Å². The van der Waals surface area contributed by atoms with Crippen molar-refractivity contribution in [3.63, 3.8) is 0 Å². The quantitative estimate of drug-likeness (QED) is 0.864. The Hall–Kier alpha value is -2.19. The van der Waals surface area contributed by atoms with E-state index in [1.165, 1.54) is 12.1 Å². The molecule has 1 aromatic heterocycles. The molecule has 1 unspecified atom stereocenters. The number of benzene rings is 1. The number of hydrogen-bond donors (Lipinski definition) is 1. The second-order valence-electron chi connectivity index (χ2n) is 7.22. The first-order valence-corrected chi connectivity index (χ1v) is 9.66. The zero-order chi connectivity index (χ0) is 18.6. The molecule has 3 heterocycles. The number of piperazine rings is 1. The van der Waals surface area contributed by atoms with Gasteiger partial charge in [0.05, 0.1) is 23.5 Å². The SMILES string of the molecule is O=C(NCC1CCCO1)N1CCN(CCn2cnc3cc(F)ccc32)CC1. The van der Waals surface area contributed by atoms with Gasteiger partial charge < -0.3 is 19.5 Å². The van der Waals surface area contributed by atoms with Crippen LogP contribution in [0.2, 0.25) is 0 Å². The fraction of sp³-hybridized carbons (Fsp3) is 0.579. The Morgan fingerprint density at radius 2 is 2.11 bits per heavy atom. The Balaban J connectivity index is 1.21. The molecule has 0 saturated carbocycles. The zero-order valence-corrected chi connectivity index (χ0v) is 15.4. The van der Waals surface area contributed by atoms with Crippen molar-refractivity contribution in [1.82, 2.24) is 24.7 Å². The summed E-state index contributed by atoms with van der Waals surface area (Å²) in [5.74, 6) is -0.262. The van der Waals surface area contributed by atoms with Crippen LogP contribution in [0.1, 0.15) is 12.8 Å². The van der Waals surface area contributed by atoms with E-state index in [4.69, 9.17) is 4.74 Å². The van der Waals surface area contributed by atoms with Crippen molar-refractivity contribution in [2.75, 3.05) is 45.9 Å². The Labute approximate surface area is 158 Å². The molecule has 2 amide bonds. The first-order chi connectivity index (χ1) is 13.2. The first kappa shape index (κ1) is 18.2. The number of carbonyl (C=O) groups is 1. The number of ether oxygens (including phenoxy) is 1. The molecule has 146 valence electrons. The van der Waals surface area contributed by atoms with Crippen LogP contribution in [0, 0.1) is 5.82 Å². The minimum absolute atomic E-state index is 0.00720. The predicted molar refractivity (Wildman–Crippen MR) is 100 cm³/mol. The lowest BCUT2D eigenvalue weighted by molar-refractivity contribution is 0.104. The normalized spacial score (nSPS) is 21.1. The Morgan fingerprint density at radius 1 is 1.26 bits per heavy atom. The van der Waals surface area contributed by atoms with E-state index in [1.54, 1.807) is 12.4 Å². The molecule has 2 aromatic rings. The van der Waals surface area contributed by atoms with Crippen LogP contribution in [-0.4, -0.2) is 77.4 Å². The van der Waals surface area contributed by atoms with Crippen molar-refractivity contribution in [2.45, 2.75) is 25.5 Å². The molecule has 0 bridgehead atoms. The van der Waals surface area contributed by atoms with Gasteiger partial charge in [0.2, 0.25) is 0 Å². The second kappa shape index (κ2) is 8.22. The highest BCUT2D eigenvalue weighted by Gasteiger charge is 2.22. The Kier molecular flexibility index (Phi) is 5.54. The van der Waals surface area contributed by atoms with Crippen molar-refractivity contribution in [3.05, 3.63) is 30.3 Å². The van der Waals surface area contributed by atoms with Gasteiger partial charge in [-0.25, -0.2) is 14.2 Å². The lowest BCUT2D eigenvalue weighted by Crippen LogP contribution is -2.52. The maximum absolute atomic E-state index is 13.3. The molecule has 0 radical (unpaired) electrons. The van der Waals surface area contributed by atoms with Crippen LogP contribution in [0.25, 0.3) is 11.0 Å². The summed E-state index contributed by atoms with van der Waals surface area (Å²) < 4.78 is 20.9. The molecule has 2 saturated heterocycles. The van der Waals surface area contributed by atoms with Gasteiger partial charge in [0.15, 0.2) is 0 Å². The molecule has 27 heavy (non-hydrogen) atoms. The second-order valence-corrected chi connectivity index (χ2v) is 7.22. The summed E-state index contributed by atoms with van der Waals surface area (Å²) in [6, 6.07) is 4.70. The molecule has 1 atom stereocenters. The minimum Gasteiger partial charge on any atom is -0.376 e. The van der Waals surface area contributed by atoms with E-state index >= 15 is 0 Å². The fourth-order valence-electron chi connectivity index (χ4n) is 3.76. The van der Waals surface area contributed by atoms with Crippen LogP contribution in [0.4, 0.5) is 9.18 Å². The van der Waals surface area contributed by atoms with E-state index in [0.29, 0.717) is 12.1 Å². The third-order valence-electron chi connectivity index (χ3n) is 5.40. The van der Waals surface area contributed by atoms with Gasteiger partial charge in [0, 0.05) is 58.5 Å². The number of urea groups is 1.